The van der Waals surface area contributed by atoms with Crippen molar-refractivity contribution >= 4 is 0 Å². The number of rotatable bonds is 6. The number of halogens is 3. The van der Waals surface area contributed by atoms with Gasteiger partial charge in [0.05, 0.1) is 19.8 Å². The molecule has 0 fully saturated rings. The molecule has 1 rings (SSSR count). The van der Waals surface area contributed by atoms with Crippen molar-refractivity contribution in [2.45, 2.75) is 19.5 Å². The van der Waals surface area contributed by atoms with Crippen molar-refractivity contribution < 1.29 is 22.6 Å². The smallest absolute Gasteiger partial charge is 0.411 e. The van der Waals surface area contributed by atoms with Crippen LogP contribution >= 0.6 is 0 Å². The van der Waals surface area contributed by atoms with E-state index in [1.165, 1.54) is 0 Å². The summed E-state index contributed by atoms with van der Waals surface area (Å²) < 4.78 is 45.5. The number of hydrogen-bond acceptors (Lipinski definition) is 3. The topological polar surface area (TPSA) is 44.5 Å². The van der Waals surface area contributed by atoms with Crippen molar-refractivity contribution in [1.82, 2.24) is 0 Å². The van der Waals surface area contributed by atoms with E-state index in [0.29, 0.717) is 25.3 Å². The third kappa shape index (κ3) is 7.59. The van der Waals surface area contributed by atoms with E-state index in [4.69, 9.17) is 10.5 Å². The van der Waals surface area contributed by atoms with E-state index in [-0.39, 0.29) is 6.61 Å². The Morgan fingerprint density at radius 1 is 1.24 bits per heavy atom. The minimum Gasteiger partial charge on any atom is -0.493 e. The fraction of sp³-hybridized carbons (Fsp3) is 0.467. The zero-order chi connectivity index (χ0) is 15.7. The molecule has 0 saturated carbocycles. The van der Waals surface area contributed by atoms with Crippen molar-refractivity contribution in [3.05, 3.63) is 29.3 Å². The molecule has 0 aliphatic carbocycles. The molecule has 0 amide bonds. The maximum Gasteiger partial charge on any atom is 0.411 e. The highest BCUT2D eigenvalue weighted by Crippen LogP contribution is 2.19. The summed E-state index contributed by atoms with van der Waals surface area (Å²) in [6.07, 6.45) is -3.89. The maximum absolute atomic E-state index is 11.8. The van der Waals surface area contributed by atoms with Gasteiger partial charge in [-0.2, -0.15) is 13.2 Å². The minimum atomic E-state index is -4.28. The lowest BCUT2D eigenvalue weighted by Crippen LogP contribution is -2.18. The van der Waals surface area contributed by atoms with Crippen LogP contribution in [0.3, 0.4) is 0 Å². The monoisotopic (exact) mass is 301 g/mol. The largest absolute Gasteiger partial charge is 0.493 e. The Morgan fingerprint density at radius 2 is 2.00 bits per heavy atom. The highest BCUT2D eigenvalue weighted by Gasteiger charge is 2.27. The molecule has 0 saturated heterocycles. The van der Waals surface area contributed by atoms with E-state index >= 15 is 0 Å². The molecule has 1 aromatic rings. The van der Waals surface area contributed by atoms with Gasteiger partial charge in [0.15, 0.2) is 0 Å². The Balaban J connectivity index is 2.32. The predicted octanol–water partition coefficient (Wildman–Crippen LogP) is 2.65. The Morgan fingerprint density at radius 3 is 2.62 bits per heavy atom. The van der Waals surface area contributed by atoms with E-state index < -0.39 is 12.8 Å². The predicted molar refractivity (Wildman–Crippen MR) is 74.1 cm³/mol. The van der Waals surface area contributed by atoms with E-state index in [9.17, 15) is 13.2 Å². The molecule has 3 nitrogen and oxygen atoms in total. The molecule has 0 heterocycles. The second-order valence-corrected chi connectivity index (χ2v) is 4.36. The SMILES string of the molecule is Cc1cc(C#CCN)ccc1OCCCOCC(F)(F)F. The first kappa shape index (κ1) is 17.3. The highest BCUT2D eigenvalue weighted by atomic mass is 19.4. The van der Waals surface area contributed by atoms with Crippen molar-refractivity contribution in [2.24, 2.45) is 5.73 Å². The summed E-state index contributed by atoms with van der Waals surface area (Å²) in [5.41, 5.74) is 7.05. The van der Waals surface area contributed by atoms with E-state index in [1.54, 1.807) is 6.07 Å². The highest BCUT2D eigenvalue weighted by molar-refractivity contribution is 5.43. The summed E-state index contributed by atoms with van der Waals surface area (Å²) in [4.78, 5) is 0. The normalized spacial score (nSPS) is 10.9. The number of ether oxygens (including phenoxy) is 2. The molecule has 0 atom stereocenters. The fourth-order valence-corrected chi connectivity index (χ4v) is 1.57. The molecule has 1 aromatic carbocycles. The first-order valence-electron chi connectivity index (χ1n) is 6.49. The van der Waals surface area contributed by atoms with Crippen molar-refractivity contribution in [2.75, 3.05) is 26.4 Å². The van der Waals surface area contributed by atoms with Crippen molar-refractivity contribution in [3.63, 3.8) is 0 Å². The molecule has 0 bridgehead atoms. The first-order valence-corrected chi connectivity index (χ1v) is 6.49. The van der Waals surface area contributed by atoms with Gasteiger partial charge in [-0.1, -0.05) is 11.8 Å². The second-order valence-electron chi connectivity index (χ2n) is 4.36. The number of alkyl halides is 3. The van der Waals surface area contributed by atoms with Gasteiger partial charge in [0, 0.05) is 12.0 Å². The van der Waals surface area contributed by atoms with Gasteiger partial charge in [-0.05, 0) is 30.7 Å². The summed E-state index contributed by atoms with van der Waals surface area (Å²) >= 11 is 0. The Hall–Kier alpha value is -1.71. The van der Waals surface area contributed by atoms with Crippen LogP contribution in [0.15, 0.2) is 18.2 Å². The Labute approximate surface area is 122 Å². The third-order valence-electron chi connectivity index (χ3n) is 2.47. The zero-order valence-corrected chi connectivity index (χ0v) is 11.8. The van der Waals surface area contributed by atoms with Gasteiger partial charge >= 0.3 is 6.18 Å². The molecule has 0 spiro atoms. The van der Waals surface area contributed by atoms with Crippen LogP contribution in [0.2, 0.25) is 0 Å². The van der Waals surface area contributed by atoms with Gasteiger partial charge in [0.25, 0.3) is 0 Å². The van der Waals surface area contributed by atoms with Gasteiger partial charge in [0.1, 0.15) is 12.4 Å². The van der Waals surface area contributed by atoms with Crippen LogP contribution in [-0.2, 0) is 4.74 Å². The lowest BCUT2D eigenvalue weighted by atomic mass is 10.1. The van der Waals surface area contributed by atoms with Crippen LogP contribution in [0.25, 0.3) is 0 Å². The van der Waals surface area contributed by atoms with E-state index in [1.807, 2.05) is 19.1 Å². The van der Waals surface area contributed by atoms with Gasteiger partial charge < -0.3 is 15.2 Å². The van der Waals surface area contributed by atoms with Gasteiger partial charge in [-0.15, -0.1) is 0 Å². The lowest BCUT2D eigenvalue weighted by Gasteiger charge is -2.10. The maximum atomic E-state index is 11.8. The zero-order valence-electron chi connectivity index (χ0n) is 11.8. The number of benzene rings is 1. The molecule has 0 aliphatic heterocycles. The standard InChI is InChI=1S/C15H18F3NO2/c1-12-10-13(4-2-7-19)5-6-14(12)21-9-3-8-20-11-15(16,17)18/h5-6,10H,3,7-9,11,19H2,1H3. The summed E-state index contributed by atoms with van der Waals surface area (Å²) in [5.74, 6) is 6.36. The average Bonchev–Trinajstić information content (AvgIpc) is 2.41. The second kappa shape index (κ2) is 8.55. The van der Waals surface area contributed by atoms with Crippen LogP contribution in [0.5, 0.6) is 5.75 Å². The third-order valence-corrected chi connectivity index (χ3v) is 2.47. The molecule has 6 heteroatoms. The molecule has 2 N–H and O–H groups in total. The lowest BCUT2D eigenvalue weighted by molar-refractivity contribution is -0.174. The van der Waals surface area contributed by atoms with Crippen LogP contribution in [0.1, 0.15) is 17.5 Å². The number of hydrogen-bond donors (Lipinski definition) is 1. The number of aryl methyl sites for hydroxylation is 1. The Kier molecular flexibility index (Phi) is 7.06. The fourth-order valence-electron chi connectivity index (χ4n) is 1.57. The van der Waals surface area contributed by atoms with Gasteiger partial charge in [0.2, 0.25) is 0 Å². The molecule has 116 valence electrons. The van der Waals surface area contributed by atoms with Gasteiger partial charge in [-0.25, -0.2) is 0 Å². The van der Waals surface area contributed by atoms with Gasteiger partial charge in [-0.3, -0.25) is 0 Å². The molecular formula is C15H18F3NO2. The van der Waals surface area contributed by atoms with Crippen LogP contribution in [0, 0.1) is 18.8 Å². The average molecular weight is 301 g/mol. The van der Waals surface area contributed by atoms with Crippen molar-refractivity contribution in [1.29, 1.82) is 0 Å². The molecule has 0 unspecified atom stereocenters. The Bertz CT molecular complexity index is 504. The first-order chi connectivity index (χ1) is 9.92. The summed E-state index contributed by atoms with van der Waals surface area (Å²) in [6, 6.07) is 5.47. The molecular weight excluding hydrogens is 283 g/mol. The summed E-state index contributed by atoms with van der Waals surface area (Å²) in [6.45, 7) is 1.27. The van der Waals surface area contributed by atoms with Crippen LogP contribution in [-0.4, -0.2) is 32.5 Å². The van der Waals surface area contributed by atoms with Crippen LogP contribution < -0.4 is 10.5 Å². The van der Waals surface area contributed by atoms with E-state index in [2.05, 4.69) is 16.6 Å². The van der Waals surface area contributed by atoms with E-state index in [0.717, 1.165) is 11.1 Å². The summed E-state index contributed by atoms with van der Waals surface area (Å²) in [5, 5.41) is 0. The minimum absolute atomic E-state index is 0.0125. The molecule has 21 heavy (non-hydrogen) atoms. The molecule has 0 aliphatic rings. The molecule has 0 radical (unpaired) electrons. The summed E-state index contributed by atoms with van der Waals surface area (Å²) in [7, 11) is 0. The van der Waals surface area contributed by atoms with Crippen molar-refractivity contribution in [3.8, 4) is 17.6 Å². The van der Waals surface area contributed by atoms with Crippen LogP contribution in [0.4, 0.5) is 13.2 Å². The molecule has 0 aromatic heterocycles. The number of nitrogens with two attached hydrogens (primary N) is 1. The quantitative estimate of drug-likeness (QED) is 0.649.